The molecule has 0 unspecified atom stereocenters. The smallest absolute Gasteiger partial charge is 0.332 e. The van der Waals surface area contributed by atoms with Gasteiger partial charge in [0.15, 0.2) is 12.4 Å². The fourth-order valence-corrected chi connectivity index (χ4v) is 3.33. The highest BCUT2D eigenvalue weighted by Gasteiger charge is 2.21. The van der Waals surface area contributed by atoms with Crippen LogP contribution < -0.4 is 21.7 Å². The molecule has 0 radical (unpaired) electrons. The minimum Gasteiger partial charge on any atom is -0.484 e. The van der Waals surface area contributed by atoms with Gasteiger partial charge in [-0.3, -0.25) is 18.7 Å². The second-order valence-corrected chi connectivity index (χ2v) is 7.62. The Morgan fingerprint density at radius 2 is 1.93 bits per heavy atom. The Balaban J connectivity index is 1.66. The predicted molar refractivity (Wildman–Crippen MR) is 111 cm³/mol. The molecule has 0 saturated heterocycles. The third-order valence-electron chi connectivity index (χ3n) is 4.46. The maximum atomic E-state index is 12.5. The van der Waals surface area contributed by atoms with Crippen molar-refractivity contribution in [3.05, 3.63) is 61.6 Å². The van der Waals surface area contributed by atoms with Gasteiger partial charge in [-0.15, -0.1) is 10.2 Å². The summed E-state index contributed by atoms with van der Waals surface area (Å²) >= 11 is 0.968. The summed E-state index contributed by atoms with van der Waals surface area (Å²) in [6.07, 6.45) is 0. The highest BCUT2D eigenvalue weighted by atomic mass is 32.2. The van der Waals surface area contributed by atoms with E-state index in [1.807, 2.05) is 32.0 Å². The number of nitrogen functional groups attached to an aromatic ring is 1. The van der Waals surface area contributed by atoms with Crippen molar-refractivity contribution in [2.24, 2.45) is 14.1 Å². The molecule has 0 aliphatic heterocycles. The number of benzene rings is 1. The molecule has 0 amide bonds. The molecule has 2 heterocycles. The van der Waals surface area contributed by atoms with Gasteiger partial charge in [0, 0.05) is 14.1 Å². The number of aryl methyl sites for hydroxylation is 2. The third-order valence-corrected chi connectivity index (χ3v) is 5.28. The van der Waals surface area contributed by atoms with E-state index < -0.39 is 17.0 Å². The average molecular weight is 431 g/mol. The molecule has 10 nitrogen and oxygen atoms in total. The fourth-order valence-electron chi connectivity index (χ4n) is 2.68. The van der Waals surface area contributed by atoms with Crippen LogP contribution in [0.1, 0.15) is 27.4 Å². The normalized spacial score (nSPS) is 10.9. The van der Waals surface area contributed by atoms with Crippen LogP contribution in [0, 0.1) is 13.8 Å². The number of carbonyl (C=O) groups is 1. The molecule has 2 N–H and O–H groups in total. The summed E-state index contributed by atoms with van der Waals surface area (Å²) in [4.78, 5) is 36.6. The van der Waals surface area contributed by atoms with Gasteiger partial charge in [-0.1, -0.05) is 23.9 Å². The maximum Gasteiger partial charge on any atom is 0.332 e. The van der Waals surface area contributed by atoms with Crippen LogP contribution in [0.2, 0.25) is 0 Å². The highest BCUT2D eigenvalue weighted by molar-refractivity contribution is 7.99. The molecule has 158 valence electrons. The van der Waals surface area contributed by atoms with Crippen LogP contribution >= 0.6 is 11.8 Å². The Morgan fingerprint density at radius 1 is 1.20 bits per heavy atom. The molecule has 0 bridgehead atoms. The summed E-state index contributed by atoms with van der Waals surface area (Å²) in [5.74, 6) is 0.0980. The first-order chi connectivity index (χ1) is 14.2. The Hall–Kier alpha value is -3.34. The number of aromatic nitrogens is 4. The first-order valence-corrected chi connectivity index (χ1v) is 9.91. The molecule has 0 aliphatic carbocycles. The number of nitrogens with zero attached hydrogens (tertiary/aromatic N) is 4. The minimum atomic E-state index is -0.741. The van der Waals surface area contributed by atoms with Crippen LogP contribution in [0.25, 0.3) is 0 Å². The van der Waals surface area contributed by atoms with E-state index in [1.165, 1.54) is 14.1 Å². The first kappa shape index (κ1) is 21.4. The van der Waals surface area contributed by atoms with Gasteiger partial charge in [0.25, 0.3) is 16.7 Å². The van der Waals surface area contributed by atoms with Gasteiger partial charge in [0.05, 0.1) is 5.75 Å². The zero-order chi connectivity index (χ0) is 22.0. The predicted octanol–water partition coefficient (Wildman–Crippen LogP) is 1.22. The molecule has 0 spiro atoms. The van der Waals surface area contributed by atoms with Gasteiger partial charge in [0.2, 0.25) is 0 Å². The zero-order valence-corrected chi connectivity index (χ0v) is 17.8. The van der Waals surface area contributed by atoms with Crippen molar-refractivity contribution < 1.29 is 13.9 Å². The van der Waals surface area contributed by atoms with E-state index in [-0.39, 0.29) is 34.9 Å². The minimum absolute atomic E-state index is 0.0834. The van der Waals surface area contributed by atoms with Crippen LogP contribution in [0.4, 0.5) is 5.82 Å². The van der Waals surface area contributed by atoms with E-state index >= 15 is 0 Å². The molecule has 0 fully saturated rings. The summed E-state index contributed by atoms with van der Waals surface area (Å²) in [6.45, 7) is 3.99. The van der Waals surface area contributed by atoms with E-state index in [0.717, 1.165) is 37.8 Å². The fraction of sp³-hybridized carbons (Fsp3) is 0.316. The van der Waals surface area contributed by atoms with Gasteiger partial charge in [-0.2, -0.15) is 0 Å². The lowest BCUT2D eigenvalue weighted by Gasteiger charge is -2.10. The van der Waals surface area contributed by atoms with Gasteiger partial charge in [0.1, 0.15) is 17.1 Å². The Labute approximate surface area is 175 Å². The monoisotopic (exact) mass is 431 g/mol. The summed E-state index contributed by atoms with van der Waals surface area (Å²) in [5.41, 5.74) is 6.26. The zero-order valence-electron chi connectivity index (χ0n) is 17.0. The molecule has 3 rings (SSSR count). The average Bonchev–Trinajstić information content (AvgIpc) is 3.18. The lowest BCUT2D eigenvalue weighted by Crippen LogP contribution is -2.41. The number of hydrogen-bond acceptors (Lipinski definition) is 9. The summed E-state index contributed by atoms with van der Waals surface area (Å²) in [5, 5.41) is 7.93. The number of thioether (sulfide) groups is 1. The van der Waals surface area contributed by atoms with E-state index in [9.17, 15) is 14.4 Å². The van der Waals surface area contributed by atoms with Gasteiger partial charge >= 0.3 is 5.69 Å². The number of ketones is 1. The van der Waals surface area contributed by atoms with Crippen LogP contribution in [-0.4, -0.2) is 30.9 Å². The molecule has 11 heteroatoms. The topological polar surface area (TPSA) is 135 Å². The quantitative estimate of drug-likeness (QED) is 0.432. The molecule has 1 aromatic carbocycles. The second kappa shape index (κ2) is 8.57. The largest absolute Gasteiger partial charge is 0.484 e. The number of carbonyl (C=O) groups excluding carboxylic acids is 1. The molecule has 0 saturated carbocycles. The van der Waals surface area contributed by atoms with Crippen molar-refractivity contribution in [3.8, 4) is 5.75 Å². The lowest BCUT2D eigenvalue weighted by molar-refractivity contribution is 0.102. The van der Waals surface area contributed by atoms with Crippen molar-refractivity contribution in [2.45, 2.75) is 25.7 Å². The number of Topliss-reactive ketones (excluding diaryl/α,β-unsaturated/α-hetero) is 1. The summed E-state index contributed by atoms with van der Waals surface area (Å²) < 4.78 is 13.1. The number of anilines is 1. The maximum absolute atomic E-state index is 12.5. The van der Waals surface area contributed by atoms with Gasteiger partial charge in [-0.25, -0.2) is 4.79 Å². The molecule has 3 aromatic rings. The Morgan fingerprint density at radius 3 is 2.67 bits per heavy atom. The first-order valence-electron chi connectivity index (χ1n) is 8.93. The van der Waals surface area contributed by atoms with Crippen molar-refractivity contribution in [2.75, 3.05) is 11.5 Å². The number of nitrogens with two attached hydrogens (primary N) is 1. The molecular formula is C19H21N5O5S. The van der Waals surface area contributed by atoms with Crippen LogP contribution in [-0.2, 0) is 20.7 Å². The van der Waals surface area contributed by atoms with Crippen molar-refractivity contribution in [1.82, 2.24) is 19.3 Å². The second-order valence-electron chi connectivity index (χ2n) is 6.70. The number of ether oxygens (including phenoxy) is 1. The van der Waals surface area contributed by atoms with Crippen molar-refractivity contribution in [3.63, 3.8) is 0 Å². The van der Waals surface area contributed by atoms with E-state index in [2.05, 4.69) is 10.2 Å². The molecule has 2 aromatic heterocycles. The summed E-state index contributed by atoms with van der Waals surface area (Å²) in [7, 11) is 2.68. The van der Waals surface area contributed by atoms with Crippen LogP contribution in [0.15, 0.2) is 37.4 Å². The standard InChI is InChI=1S/C19H21N5O5S/c1-10-5-6-11(2)13(7-10)28-8-14-21-22-18(29-14)30-9-12(25)15-16(20)23(3)19(27)24(4)17(15)26/h5-7H,8-9,20H2,1-4H3. The van der Waals surface area contributed by atoms with Crippen molar-refractivity contribution >= 4 is 23.4 Å². The van der Waals surface area contributed by atoms with Gasteiger partial charge < -0.3 is 14.9 Å². The Bertz CT molecular complexity index is 1230. The Kier molecular flexibility index (Phi) is 6.11. The van der Waals surface area contributed by atoms with Crippen molar-refractivity contribution in [1.29, 1.82) is 0 Å². The lowest BCUT2D eigenvalue weighted by atomic mass is 10.1. The van der Waals surface area contributed by atoms with E-state index in [0.29, 0.717) is 0 Å². The van der Waals surface area contributed by atoms with Gasteiger partial charge in [-0.05, 0) is 31.0 Å². The van der Waals surface area contributed by atoms with E-state index in [4.69, 9.17) is 14.9 Å². The van der Waals surface area contributed by atoms with Crippen LogP contribution in [0.3, 0.4) is 0 Å². The molecule has 30 heavy (non-hydrogen) atoms. The molecular weight excluding hydrogens is 410 g/mol. The van der Waals surface area contributed by atoms with E-state index in [1.54, 1.807) is 0 Å². The van der Waals surface area contributed by atoms with Crippen LogP contribution in [0.5, 0.6) is 5.75 Å². The molecule has 0 atom stereocenters. The number of hydrogen-bond donors (Lipinski definition) is 1. The SMILES string of the molecule is Cc1ccc(C)c(OCc2nnc(SCC(=O)c3c(N)n(C)c(=O)n(C)c3=O)o2)c1. The highest BCUT2D eigenvalue weighted by Crippen LogP contribution is 2.22. The number of rotatable bonds is 7. The summed E-state index contributed by atoms with van der Waals surface area (Å²) in [6, 6.07) is 5.87. The molecule has 0 aliphatic rings. The third kappa shape index (κ3) is 4.30.